The fraction of sp³-hybridized carbons (Fsp3) is 0.167. The Morgan fingerprint density at radius 2 is 2.25 bits per heavy atom. The number of amides is 1. The minimum absolute atomic E-state index is 0.0582. The number of carbonyl (C=O) groups excluding carboxylic acids is 1. The van der Waals surface area contributed by atoms with E-state index in [0.717, 1.165) is 5.69 Å². The number of nitrogens with zero attached hydrogens (tertiary/aromatic N) is 3. The van der Waals surface area contributed by atoms with Crippen LogP contribution < -0.4 is 11.1 Å². The molecule has 0 atom stereocenters. The number of anilines is 1. The molecule has 1 aromatic heterocycles. The van der Waals surface area contributed by atoms with Gasteiger partial charge in [0.15, 0.2) is 0 Å². The Hall–Kier alpha value is -2.90. The summed E-state index contributed by atoms with van der Waals surface area (Å²) in [5.74, 6) is -0.551. The van der Waals surface area contributed by atoms with Crippen LogP contribution in [0.25, 0.3) is 0 Å². The topological polar surface area (TPSA) is 116 Å². The molecule has 0 saturated carbocycles. The zero-order valence-corrected chi connectivity index (χ0v) is 10.7. The van der Waals surface area contributed by atoms with Crippen LogP contribution in [0.1, 0.15) is 16.1 Å². The van der Waals surface area contributed by atoms with Gasteiger partial charge in [-0.25, -0.2) is 0 Å². The molecule has 1 aromatic carbocycles. The first-order valence-electron chi connectivity index (χ1n) is 5.78. The Bertz CT molecular complexity index is 665. The van der Waals surface area contributed by atoms with Gasteiger partial charge in [-0.3, -0.25) is 19.6 Å². The molecule has 0 spiro atoms. The number of carbonyl (C=O) groups is 1. The summed E-state index contributed by atoms with van der Waals surface area (Å²) in [5.41, 5.74) is 6.30. The van der Waals surface area contributed by atoms with E-state index in [1.54, 1.807) is 24.0 Å². The first kappa shape index (κ1) is 13.5. The van der Waals surface area contributed by atoms with Crippen LogP contribution in [0.3, 0.4) is 0 Å². The van der Waals surface area contributed by atoms with Crippen molar-refractivity contribution >= 4 is 17.3 Å². The molecule has 0 bridgehead atoms. The number of rotatable bonds is 4. The lowest BCUT2D eigenvalue weighted by Crippen LogP contribution is -2.25. The third-order valence-electron chi connectivity index (χ3n) is 2.81. The molecule has 1 heterocycles. The highest BCUT2D eigenvalue weighted by Crippen LogP contribution is 2.21. The summed E-state index contributed by atoms with van der Waals surface area (Å²) < 4.78 is 1.61. The van der Waals surface area contributed by atoms with Crippen LogP contribution in [0.2, 0.25) is 0 Å². The van der Waals surface area contributed by atoms with Crippen LogP contribution in [0.4, 0.5) is 11.4 Å². The van der Waals surface area contributed by atoms with Crippen molar-refractivity contribution in [3.05, 3.63) is 51.8 Å². The quantitative estimate of drug-likeness (QED) is 0.487. The van der Waals surface area contributed by atoms with Gasteiger partial charge in [-0.15, -0.1) is 0 Å². The van der Waals surface area contributed by atoms with Crippen LogP contribution in [0, 0.1) is 10.1 Å². The van der Waals surface area contributed by atoms with E-state index in [4.69, 9.17) is 5.73 Å². The van der Waals surface area contributed by atoms with Gasteiger partial charge in [0, 0.05) is 25.0 Å². The predicted molar refractivity (Wildman–Crippen MR) is 71.9 cm³/mol. The second-order valence-corrected chi connectivity index (χ2v) is 4.16. The molecule has 0 saturated heterocycles. The van der Waals surface area contributed by atoms with Gasteiger partial charge < -0.3 is 11.1 Å². The lowest BCUT2D eigenvalue weighted by molar-refractivity contribution is -0.385. The van der Waals surface area contributed by atoms with Gasteiger partial charge in [-0.1, -0.05) is 0 Å². The van der Waals surface area contributed by atoms with E-state index in [0.29, 0.717) is 5.69 Å². The van der Waals surface area contributed by atoms with Crippen molar-refractivity contribution in [2.45, 2.75) is 6.54 Å². The number of hydrogen-bond donors (Lipinski definition) is 2. The Morgan fingerprint density at radius 3 is 2.85 bits per heavy atom. The van der Waals surface area contributed by atoms with Crippen molar-refractivity contribution in [3.8, 4) is 0 Å². The van der Waals surface area contributed by atoms with E-state index in [2.05, 4.69) is 10.4 Å². The molecule has 0 aliphatic rings. The lowest BCUT2D eigenvalue weighted by atomic mass is 10.1. The van der Waals surface area contributed by atoms with Crippen molar-refractivity contribution < 1.29 is 9.72 Å². The number of benzene rings is 1. The number of nitro groups is 1. The van der Waals surface area contributed by atoms with Crippen LogP contribution in [-0.4, -0.2) is 20.6 Å². The van der Waals surface area contributed by atoms with Gasteiger partial charge in [-0.05, 0) is 18.2 Å². The molecule has 1 amide bonds. The first-order chi connectivity index (χ1) is 9.49. The van der Waals surface area contributed by atoms with E-state index in [-0.39, 0.29) is 17.8 Å². The molecule has 0 radical (unpaired) electrons. The predicted octanol–water partition coefficient (Wildman–Crippen LogP) is 0.841. The highest BCUT2D eigenvalue weighted by Gasteiger charge is 2.20. The first-order valence-corrected chi connectivity index (χ1v) is 5.78. The average molecular weight is 275 g/mol. The van der Waals surface area contributed by atoms with Crippen molar-refractivity contribution in [3.63, 3.8) is 0 Å². The van der Waals surface area contributed by atoms with E-state index < -0.39 is 10.8 Å². The van der Waals surface area contributed by atoms with Crippen molar-refractivity contribution in [2.75, 3.05) is 5.73 Å². The van der Waals surface area contributed by atoms with Crippen molar-refractivity contribution in [1.29, 1.82) is 0 Å². The zero-order valence-electron chi connectivity index (χ0n) is 10.7. The summed E-state index contributed by atoms with van der Waals surface area (Å²) in [4.78, 5) is 22.3. The number of nitrogens with two attached hydrogens (primary N) is 1. The number of nitrogens with one attached hydrogen (secondary N) is 1. The normalized spacial score (nSPS) is 10.2. The Balaban J connectivity index is 2.19. The summed E-state index contributed by atoms with van der Waals surface area (Å²) in [6.45, 7) is 0.223. The van der Waals surface area contributed by atoms with E-state index in [1.807, 2.05) is 0 Å². The largest absolute Gasteiger partial charge is 0.399 e. The Kier molecular flexibility index (Phi) is 3.65. The molecule has 0 unspecified atom stereocenters. The molecule has 2 aromatic rings. The van der Waals surface area contributed by atoms with Gasteiger partial charge >= 0.3 is 0 Å². The van der Waals surface area contributed by atoms with Gasteiger partial charge in [0.2, 0.25) is 0 Å². The molecule has 104 valence electrons. The fourth-order valence-electron chi connectivity index (χ4n) is 1.74. The lowest BCUT2D eigenvalue weighted by Gasteiger charge is -2.07. The van der Waals surface area contributed by atoms with Crippen molar-refractivity contribution in [1.82, 2.24) is 15.1 Å². The highest BCUT2D eigenvalue weighted by atomic mass is 16.6. The van der Waals surface area contributed by atoms with E-state index >= 15 is 0 Å². The summed E-state index contributed by atoms with van der Waals surface area (Å²) >= 11 is 0. The number of aryl methyl sites for hydroxylation is 1. The molecule has 0 aliphatic carbocycles. The third-order valence-corrected chi connectivity index (χ3v) is 2.81. The average Bonchev–Trinajstić information content (AvgIpc) is 2.81. The maximum atomic E-state index is 12.0. The number of nitrogen functional groups attached to an aromatic ring is 1. The Morgan fingerprint density at radius 1 is 1.50 bits per heavy atom. The minimum atomic E-state index is -0.613. The van der Waals surface area contributed by atoms with Crippen molar-refractivity contribution in [2.24, 2.45) is 7.05 Å². The SMILES string of the molecule is Cn1nccc1CNC(=O)c1cc(N)ccc1[N+](=O)[O-]. The molecule has 20 heavy (non-hydrogen) atoms. The second-order valence-electron chi connectivity index (χ2n) is 4.16. The smallest absolute Gasteiger partial charge is 0.282 e. The van der Waals surface area contributed by atoms with Gasteiger partial charge in [0.25, 0.3) is 11.6 Å². The van der Waals surface area contributed by atoms with Crippen LogP contribution in [0.15, 0.2) is 30.5 Å². The molecule has 8 nitrogen and oxygen atoms in total. The maximum Gasteiger partial charge on any atom is 0.282 e. The van der Waals surface area contributed by atoms with Crippen LogP contribution >= 0.6 is 0 Å². The minimum Gasteiger partial charge on any atom is -0.399 e. The van der Waals surface area contributed by atoms with Gasteiger partial charge in [0.05, 0.1) is 17.2 Å². The standard InChI is InChI=1S/C12H13N5O3/c1-16-9(4-5-15-16)7-14-12(18)10-6-8(13)2-3-11(10)17(19)20/h2-6H,7,13H2,1H3,(H,14,18). The van der Waals surface area contributed by atoms with E-state index in [9.17, 15) is 14.9 Å². The Labute approximate surface area is 114 Å². The van der Waals surface area contributed by atoms with Gasteiger partial charge in [-0.2, -0.15) is 5.10 Å². The molecule has 8 heteroatoms. The number of aromatic nitrogens is 2. The van der Waals surface area contributed by atoms with E-state index in [1.165, 1.54) is 18.2 Å². The van der Waals surface area contributed by atoms with Crippen LogP contribution in [-0.2, 0) is 13.6 Å². The summed E-state index contributed by atoms with van der Waals surface area (Å²) in [7, 11) is 1.74. The summed E-state index contributed by atoms with van der Waals surface area (Å²) in [6, 6.07) is 5.63. The number of nitro benzene ring substituents is 1. The van der Waals surface area contributed by atoms with Crippen LogP contribution in [0.5, 0.6) is 0 Å². The molecule has 0 fully saturated rings. The van der Waals surface area contributed by atoms with Gasteiger partial charge in [0.1, 0.15) is 5.56 Å². The molecular formula is C12H13N5O3. The molecule has 0 aliphatic heterocycles. The number of hydrogen-bond acceptors (Lipinski definition) is 5. The summed E-state index contributed by atoms with van der Waals surface area (Å²) in [5, 5.41) is 17.5. The maximum absolute atomic E-state index is 12.0. The zero-order chi connectivity index (χ0) is 14.7. The second kappa shape index (κ2) is 5.39. The highest BCUT2D eigenvalue weighted by molar-refractivity contribution is 5.98. The molecule has 2 rings (SSSR count). The third kappa shape index (κ3) is 2.74. The molecular weight excluding hydrogens is 262 g/mol. The fourth-order valence-corrected chi connectivity index (χ4v) is 1.74. The summed E-state index contributed by atoms with van der Waals surface area (Å²) in [6.07, 6.45) is 1.60. The monoisotopic (exact) mass is 275 g/mol. The molecule has 3 N–H and O–H groups in total.